The summed E-state index contributed by atoms with van der Waals surface area (Å²) >= 11 is 0. The number of rotatable bonds is 23. The van der Waals surface area contributed by atoms with Crippen LogP contribution in [0.5, 0.6) is 5.75 Å². The molecule has 0 aliphatic rings. The van der Waals surface area contributed by atoms with Gasteiger partial charge in [-0.2, -0.15) is 0 Å². The summed E-state index contributed by atoms with van der Waals surface area (Å²) < 4.78 is 12.3. The van der Waals surface area contributed by atoms with E-state index in [0.29, 0.717) is 19.4 Å². The second kappa shape index (κ2) is 20.5. The van der Waals surface area contributed by atoms with Crippen molar-refractivity contribution in [1.29, 1.82) is 0 Å². The van der Waals surface area contributed by atoms with Gasteiger partial charge < -0.3 is 9.16 Å². The van der Waals surface area contributed by atoms with Crippen LogP contribution in [-0.2, 0) is 26.8 Å². The van der Waals surface area contributed by atoms with Gasteiger partial charge in [0.1, 0.15) is 5.75 Å². The zero-order chi connectivity index (χ0) is 32.4. The van der Waals surface area contributed by atoms with Crippen LogP contribution in [0.2, 0.25) is 13.1 Å². The fraction of sp³-hybridized carbons (Fsp3) is 0.769. The van der Waals surface area contributed by atoms with E-state index >= 15 is 0 Å². The summed E-state index contributed by atoms with van der Waals surface area (Å²) in [5, 5.41) is 0. The second-order valence-electron chi connectivity index (χ2n) is 15.5. The monoisotopic (exact) mass is 615 g/mol. The maximum Gasteiger partial charge on any atom is 0.306 e. The second-order valence-corrected chi connectivity index (χ2v) is 19.3. The van der Waals surface area contributed by atoms with E-state index in [1.807, 2.05) is 5.70 Å². The summed E-state index contributed by atoms with van der Waals surface area (Å²) in [5.41, 5.74) is 5.43. The molecule has 0 aliphatic carbocycles. The van der Waals surface area contributed by atoms with Gasteiger partial charge in [-0.25, -0.2) is 0 Å². The Bertz CT molecular complexity index is 884. The number of hydrogen-bond donors (Lipinski definition) is 0. The number of ether oxygens (including phenoxy) is 1. The highest BCUT2D eigenvalue weighted by Gasteiger charge is 2.31. The molecule has 0 saturated carbocycles. The van der Waals surface area contributed by atoms with Gasteiger partial charge in [-0.1, -0.05) is 163 Å². The zero-order valence-electron chi connectivity index (χ0n) is 30.1. The topological polar surface area (TPSA) is 35.5 Å². The van der Waals surface area contributed by atoms with Gasteiger partial charge in [0, 0.05) is 6.42 Å². The van der Waals surface area contributed by atoms with Crippen LogP contribution in [0.25, 0.3) is 0 Å². The van der Waals surface area contributed by atoms with Crippen LogP contribution in [0, 0.1) is 0 Å². The lowest BCUT2D eigenvalue weighted by molar-refractivity contribution is -0.143. The molecule has 0 saturated heterocycles. The van der Waals surface area contributed by atoms with Crippen LogP contribution < -0.4 is 4.43 Å². The Labute approximate surface area is 269 Å². The molecule has 0 atom stereocenters. The Hall–Kier alpha value is -1.55. The summed E-state index contributed by atoms with van der Waals surface area (Å²) in [4.78, 5) is 12.6. The smallest absolute Gasteiger partial charge is 0.306 e. The van der Waals surface area contributed by atoms with Gasteiger partial charge in [0.25, 0.3) is 8.32 Å². The number of carbonyl (C=O) groups excluding carboxylic acids is 1. The first-order chi connectivity index (χ1) is 20.2. The third-order valence-corrected chi connectivity index (χ3v) is 10.2. The van der Waals surface area contributed by atoms with Crippen molar-refractivity contribution in [2.45, 2.75) is 188 Å². The van der Waals surface area contributed by atoms with E-state index < -0.39 is 8.32 Å². The molecule has 1 aromatic carbocycles. The Kier molecular flexibility index (Phi) is 18.8. The van der Waals surface area contributed by atoms with Gasteiger partial charge in [-0.05, 0) is 53.5 Å². The van der Waals surface area contributed by atoms with Crippen molar-refractivity contribution in [3.8, 4) is 5.75 Å². The lowest BCUT2D eigenvalue weighted by Gasteiger charge is -2.34. The predicted molar refractivity (Wildman–Crippen MR) is 191 cm³/mol. The lowest BCUT2D eigenvalue weighted by Crippen LogP contribution is -2.34. The number of benzene rings is 1. The van der Waals surface area contributed by atoms with Crippen LogP contribution in [0.15, 0.2) is 24.4 Å². The predicted octanol–water partition coefficient (Wildman–Crippen LogP) is 12.3. The average Bonchev–Trinajstić information content (AvgIpc) is 2.92. The molecular formula is C39H70O3Si. The summed E-state index contributed by atoms with van der Waals surface area (Å²) in [5.74, 6) is 0.919. The molecule has 0 spiro atoms. The first-order valence-electron chi connectivity index (χ1n) is 17.9. The van der Waals surface area contributed by atoms with E-state index in [4.69, 9.17) is 9.16 Å². The number of unbranched alkanes of at least 4 members (excludes halogenated alkanes) is 15. The molecule has 0 unspecified atom stereocenters. The van der Waals surface area contributed by atoms with Crippen LogP contribution in [0.1, 0.15) is 174 Å². The van der Waals surface area contributed by atoms with Crippen LogP contribution >= 0.6 is 0 Å². The molecule has 0 aromatic heterocycles. The Morgan fingerprint density at radius 2 is 1.12 bits per heavy atom. The molecule has 3 nitrogen and oxygen atoms in total. The lowest BCUT2D eigenvalue weighted by atomic mass is 9.78. The van der Waals surface area contributed by atoms with Crippen LogP contribution in [0.3, 0.4) is 0 Å². The van der Waals surface area contributed by atoms with E-state index in [1.165, 1.54) is 107 Å². The molecule has 0 N–H and O–H groups in total. The van der Waals surface area contributed by atoms with Crippen molar-refractivity contribution in [3.05, 3.63) is 41.1 Å². The van der Waals surface area contributed by atoms with E-state index in [0.717, 1.165) is 18.6 Å². The van der Waals surface area contributed by atoms with Crippen molar-refractivity contribution < 1.29 is 14.0 Å². The molecule has 0 heterocycles. The van der Waals surface area contributed by atoms with E-state index in [2.05, 4.69) is 80.3 Å². The highest BCUT2D eigenvalue weighted by molar-refractivity contribution is 6.76. The van der Waals surface area contributed by atoms with Gasteiger partial charge >= 0.3 is 5.97 Å². The van der Waals surface area contributed by atoms with Crippen molar-refractivity contribution in [3.63, 3.8) is 0 Å². The van der Waals surface area contributed by atoms with Crippen molar-refractivity contribution >= 4 is 14.3 Å². The third kappa shape index (κ3) is 17.5. The highest BCUT2D eigenvalue weighted by Crippen LogP contribution is 2.42. The van der Waals surface area contributed by atoms with Gasteiger partial charge in [-0.15, -0.1) is 6.58 Å². The normalized spacial score (nSPS) is 12.4. The molecule has 248 valence electrons. The van der Waals surface area contributed by atoms with Gasteiger partial charge in [0.15, 0.2) is 0 Å². The fourth-order valence-corrected chi connectivity index (χ4v) is 6.35. The number of carbonyl (C=O) groups is 1. The maximum atomic E-state index is 12.6. The Balaban J connectivity index is 2.37. The molecule has 1 aromatic rings. The fourth-order valence-electron chi connectivity index (χ4n) is 5.52. The molecule has 0 amide bonds. The zero-order valence-corrected chi connectivity index (χ0v) is 31.1. The summed E-state index contributed by atoms with van der Waals surface area (Å²) in [7, 11) is -2.05. The minimum atomic E-state index is -2.05. The van der Waals surface area contributed by atoms with Crippen molar-refractivity contribution in [2.75, 3.05) is 6.61 Å². The molecule has 0 radical (unpaired) electrons. The van der Waals surface area contributed by atoms with Gasteiger partial charge in [-0.3, -0.25) is 4.79 Å². The van der Waals surface area contributed by atoms with E-state index in [9.17, 15) is 4.79 Å². The maximum absolute atomic E-state index is 12.6. The molecule has 0 aliphatic heterocycles. The standard InChI is InChI=1S/C39H70O3Si/c1-11-13-14-15-16-17-18-19-20-21-22-23-24-25-26-27-30-41-36(40)29-28-33-31-34(38(3,4)5)37(42-43(9,10)12-2)35(32-33)39(6,7)8/h12,31-32H,2,11,13-30H2,1,3-10H3. The first-order valence-corrected chi connectivity index (χ1v) is 20.9. The first kappa shape index (κ1) is 39.5. The highest BCUT2D eigenvalue weighted by atomic mass is 28.4. The molecule has 43 heavy (non-hydrogen) atoms. The summed E-state index contributed by atoms with van der Waals surface area (Å²) in [6.45, 7) is 24.7. The minimum Gasteiger partial charge on any atom is -0.540 e. The minimum absolute atomic E-state index is 0.0786. The number of esters is 1. The van der Waals surface area contributed by atoms with Gasteiger partial charge in [0.2, 0.25) is 0 Å². The Morgan fingerprint density at radius 3 is 1.49 bits per heavy atom. The molecule has 1 rings (SSSR count). The van der Waals surface area contributed by atoms with Crippen molar-refractivity contribution in [1.82, 2.24) is 0 Å². The summed E-state index contributed by atoms with van der Waals surface area (Å²) in [6, 6.07) is 4.50. The third-order valence-electron chi connectivity index (χ3n) is 8.50. The van der Waals surface area contributed by atoms with Crippen LogP contribution in [-0.4, -0.2) is 20.9 Å². The van der Waals surface area contributed by atoms with Gasteiger partial charge in [0.05, 0.1) is 6.61 Å². The Morgan fingerprint density at radius 1 is 0.721 bits per heavy atom. The van der Waals surface area contributed by atoms with Crippen molar-refractivity contribution in [2.24, 2.45) is 0 Å². The molecule has 0 bridgehead atoms. The molecular weight excluding hydrogens is 545 g/mol. The summed E-state index contributed by atoms with van der Waals surface area (Å²) in [6.07, 6.45) is 22.7. The average molecular weight is 615 g/mol. The molecule has 0 fully saturated rings. The SMILES string of the molecule is C=C[Si](C)(C)Oc1c(C(C)(C)C)cc(CCC(=O)OCCCCCCCCCCCCCCCCCC)cc1C(C)(C)C. The van der Waals surface area contributed by atoms with E-state index in [1.54, 1.807) is 0 Å². The number of hydrogen-bond acceptors (Lipinski definition) is 3. The molecule has 4 heteroatoms. The quantitative estimate of drug-likeness (QED) is 0.0699. The van der Waals surface area contributed by atoms with Crippen LogP contribution in [0.4, 0.5) is 0 Å². The largest absolute Gasteiger partial charge is 0.540 e. The number of aryl methyl sites for hydroxylation is 1. The van der Waals surface area contributed by atoms with E-state index in [-0.39, 0.29) is 16.8 Å².